The number of nitrogens with zero attached hydrogens (tertiary/aromatic N) is 2. The summed E-state index contributed by atoms with van der Waals surface area (Å²) in [6, 6.07) is 8.93. The number of hydrogen-bond acceptors (Lipinski definition) is 4. The number of aryl methyl sites for hydroxylation is 1. The third-order valence-electron chi connectivity index (χ3n) is 2.66. The van der Waals surface area contributed by atoms with Crippen molar-refractivity contribution in [2.75, 3.05) is 6.54 Å². The van der Waals surface area contributed by atoms with E-state index in [-0.39, 0.29) is 0 Å². The van der Waals surface area contributed by atoms with E-state index in [4.69, 9.17) is 0 Å². The number of benzene rings is 1. The Labute approximate surface area is 132 Å². The van der Waals surface area contributed by atoms with Crippen molar-refractivity contribution in [3.05, 3.63) is 32.8 Å². The fraction of sp³-hybridized carbons (Fsp3) is 0.429. The van der Waals surface area contributed by atoms with Crippen LogP contribution < -0.4 is 5.32 Å². The highest BCUT2D eigenvalue weighted by Gasteiger charge is 2.06. The fourth-order valence-corrected chi connectivity index (χ4v) is 3.14. The zero-order valence-electron chi connectivity index (χ0n) is 11.2. The van der Waals surface area contributed by atoms with E-state index < -0.39 is 0 Å². The highest BCUT2D eigenvalue weighted by molar-refractivity contribution is 14.1. The second kappa shape index (κ2) is 7.31. The molecular weight excluding hydrogens is 369 g/mol. The van der Waals surface area contributed by atoms with Crippen molar-refractivity contribution in [3.8, 4) is 10.6 Å². The Morgan fingerprint density at radius 3 is 2.89 bits per heavy atom. The van der Waals surface area contributed by atoms with Crippen LogP contribution in [0.3, 0.4) is 0 Å². The first-order valence-electron chi connectivity index (χ1n) is 6.47. The van der Waals surface area contributed by atoms with Gasteiger partial charge in [-0.2, -0.15) is 0 Å². The number of rotatable bonds is 6. The van der Waals surface area contributed by atoms with Gasteiger partial charge in [-0.25, -0.2) is 0 Å². The van der Waals surface area contributed by atoms with E-state index >= 15 is 0 Å². The zero-order valence-corrected chi connectivity index (χ0v) is 14.2. The summed E-state index contributed by atoms with van der Waals surface area (Å²) in [6.45, 7) is 5.37. The monoisotopic (exact) mass is 387 g/mol. The molecular formula is C14H18IN3S. The number of halogens is 1. The highest BCUT2D eigenvalue weighted by atomic mass is 127. The summed E-state index contributed by atoms with van der Waals surface area (Å²) in [6.07, 6.45) is 2.11. The third kappa shape index (κ3) is 4.81. The van der Waals surface area contributed by atoms with Gasteiger partial charge < -0.3 is 5.32 Å². The van der Waals surface area contributed by atoms with Crippen LogP contribution in [0.4, 0.5) is 0 Å². The number of aromatic nitrogens is 2. The average molecular weight is 387 g/mol. The van der Waals surface area contributed by atoms with Crippen molar-refractivity contribution < 1.29 is 0 Å². The van der Waals surface area contributed by atoms with Crippen LogP contribution in [0.2, 0.25) is 0 Å². The summed E-state index contributed by atoms with van der Waals surface area (Å²) in [7, 11) is 0. The minimum atomic E-state index is 0.552. The van der Waals surface area contributed by atoms with E-state index in [0.29, 0.717) is 6.04 Å². The lowest BCUT2D eigenvalue weighted by Crippen LogP contribution is -2.23. The topological polar surface area (TPSA) is 37.8 Å². The van der Waals surface area contributed by atoms with Gasteiger partial charge in [0.15, 0.2) is 0 Å². The molecule has 2 aromatic rings. The molecule has 0 aliphatic heterocycles. The van der Waals surface area contributed by atoms with Crippen LogP contribution in [-0.2, 0) is 6.42 Å². The summed E-state index contributed by atoms with van der Waals surface area (Å²) < 4.78 is 1.23. The molecule has 0 saturated carbocycles. The molecule has 19 heavy (non-hydrogen) atoms. The Morgan fingerprint density at radius 2 is 2.16 bits per heavy atom. The molecule has 0 atom stereocenters. The predicted octanol–water partition coefficient (Wildman–Crippen LogP) is 3.74. The molecule has 0 amide bonds. The van der Waals surface area contributed by atoms with Crippen molar-refractivity contribution in [1.29, 1.82) is 0 Å². The van der Waals surface area contributed by atoms with Gasteiger partial charge in [-0.3, -0.25) is 0 Å². The van der Waals surface area contributed by atoms with Crippen LogP contribution >= 0.6 is 33.9 Å². The van der Waals surface area contributed by atoms with E-state index in [9.17, 15) is 0 Å². The Morgan fingerprint density at radius 1 is 1.32 bits per heavy atom. The molecule has 5 heteroatoms. The van der Waals surface area contributed by atoms with Crippen LogP contribution in [0, 0.1) is 3.57 Å². The summed E-state index contributed by atoms with van der Waals surface area (Å²) in [5.74, 6) is 0. The van der Waals surface area contributed by atoms with Crippen molar-refractivity contribution in [3.63, 3.8) is 0 Å². The molecule has 0 aliphatic rings. The van der Waals surface area contributed by atoms with Gasteiger partial charge in [0.05, 0.1) is 0 Å². The second-order valence-corrected chi connectivity index (χ2v) is 7.03. The molecule has 1 N–H and O–H groups in total. The lowest BCUT2D eigenvalue weighted by molar-refractivity contribution is 0.569. The van der Waals surface area contributed by atoms with E-state index in [1.807, 2.05) is 0 Å². The zero-order chi connectivity index (χ0) is 13.7. The SMILES string of the molecule is CC(C)NCCCc1nnc(-c2cccc(I)c2)s1. The first-order valence-corrected chi connectivity index (χ1v) is 8.36. The molecule has 3 nitrogen and oxygen atoms in total. The van der Waals surface area contributed by atoms with Crippen molar-refractivity contribution in [2.45, 2.75) is 32.7 Å². The minimum Gasteiger partial charge on any atom is -0.315 e. The molecule has 102 valence electrons. The van der Waals surface area contributed by atoms with Gasteiger partial charge in [0.2, 0.25) is 0 Å². The van der Waals surface area contributed by atoms with Gasteiger partial charge in [0.25, 0.3) is 0 Å². The molecule has 0 saturated heterocycles. The Hall–Kier alpha value is -0.530. The van der Waals surface area contributed by atoms with E-state index in [1.54, 1.807) is 11.3 Å². The molecule has 0 spiro atoms. The maximum Gasteiger partial charge on any atom is 0.147 e. The molecule has 0 bridgehead atoms. The summed E-state index contributed by atoms with van der Waals surface area (Å²) in [5.41, 5.74) is 1.16. The third-order valence-corrected chi connectivity index (χ3v) is 4.36. The van der Waals surface area contributed by atoms with Crippen molar-refractivity contribution in [1.82, 2.24) is 15.5 Å². The van der Waals surface area contributed by atoms with Crippen LogP contribution in [0.25, 0.3) is 10.6 Å². The van der Waals surface area contributed by atoms with E-state index in [0.717, 1.165) is 35.0 Å². The highest BCUT2D eigenvalue weighted by Crippen LogP contribution is 2.25. The van der Waals surface area contributed by atoms with Gasteiger partial charge >= 0.3 is 0 Å². The van der Waals surface area contributed by atoms with Crippen LogP contribution in [0.5, 0.6) is 0 Å². The largest absolute Gasteiger partial charge is 0.315 e. The summed E-state index contributed by atoms with van der Waals surface area (Å²) in [5, 5.41) is 14.1. The lowest BCUT2D eigenvalue weighted by Gasteiger charge is -2.05. The molecule has 1 aromatic carbocycles. The van der Waals surface area contributed by atoms with Crippen LogP contribution in [0.15, 0.2) is 24.3 Å². The molecule has 1 aromatic heterocycles. The molecule has 0 aliphatic carbocycles. The van der Waals surface area contributed by atoms with Crippen molar-refractivity contribution >= 4 is 33.9 Å². The molecule has 0 radical (unpaired) electrons. The van der Waals surface area contributed by atoms with Gasteiger partial charge in [0.1, 0.15) is 10.0 Å². The average Bonchev–Trinajstić information content (AvgIpc) is 2.83. The molecule has 0 unspecified atom stereocenters. The van der Waals surface area contributed by atoms with Gasteiger partial charge in [-0.1, -0.05) is 37.3 Å². The van der Waals surface area contributed by atoms with Crippen molar-refractivity contribution in [2.24, 2.45) is 0 Å². The number of nitrogens with one attached hydrogen (secondary N) is 1. The smallest absolute Gasteiger partial charge is 0.147 e. The van der Waals surface area contributed by atoms with E-state index in [1.165, 1.54) is 3.57 Å². The van der Waals surface area contributed by atoms with E-state index in [2.05, 4.69) is 76.2 Å². The van der Waals surface area contributed by atoms with Crippen LogP contribution in [-0.4, -0.2) is 22.8 Å². The maximum absolute atomic E-state index is 4.29. The normalized spacial score (nSPS) is 11.2. The first-order chi connectivity index (χ1) is 9.15. The molecule has 0 fully saturated rings. The second-order valence-electron chi connectivity index (χ2n) is 4.72. The molecule has 2 rings (SSSR count). The van der Waals surface area contributed by atoms with Gasteiger partial charge in [0, 0.05) is 21.6 Å². The summed E-state index contributed by atoms with van der Waals surface area (Å²) >= 11 is 4.02. The first kappa shape index (κ1) is 14.9. The van der Waals surface area contributed by atoms with Gasteiger partial charge in [-0.05, 0) is 47.7 Å². The van der Waals surface area contributed by atoms with Crippen LogP contribution in [0.1, 0.15) is 25.3 Å². The molecule has 1 heterocycles. The fourth-order valence-electron chi connectivity index (χ4n) is 1.72. The summed E-state index contributed by atoms with van der Waals surface area (Å²) in [4.78, 5) is 0. The Bertz CT molecular complexity index is 525. The Kier molecular flexibility index (Phi) is 5.72. The quantitative estimate of drug-likeness (QED) is 0.606. The lowest BCUT2D eigenvalue weighted by atomic mass is 10.2. The van der Waals surface area contributed by atoms with Gasteiger partial charge in [-0.15, -0.1) is 10.2 Å². The number of hydrogen-bond donors (Lipinski definition) is 1. The predicted molar refractivity (Wildman–Crippen MR) is 89.5 cm³/mol. The standard InChI is InChI=1S/C14H18IN3S/c1-10(2)16-8-4-7-13-17-18-14(19-13)11-5-3-6-12(15)9-11/h3,5-6,9-10,16H,4,7-8H2,1-2H3. The maximum atomic E-state index is 4.29. The Balaban J connectivity index is 1.92. The minimum absolute atomic E-state index is 0.552.